The number of nitrogens with one attached hydrogen (secondary N) is 1. The van der Waals surface area contributed by atoms with Crippen LogP contribution in [0.2, 0.25) is 0 Å². The molecule has 2 aromatic carbocycles. The normalized spacial score (nSPS) is 18.3. The van der Waals surface area contributed by atoms with Crippen molar-refractivity contribution in [1.82, 2.24) is 0 Å². The number of ether oxygens (including phenoxy) is 2. The molecule has 1 heterocycles. The second kappa shape index (κ2) is 10.0. The monoisotopic (exact) mass is 473 g/mol. The predicted octanol–water partition coefficient (Wildman–Crippen LogP) is 6.06. The van der Waals surface area contributed by atoms with Gasteiger partial charge in [-0.15, -0.1) is 0 Å². The fourth-order valence-corrected chi connectivity index (χ4v) is 5.03. The van der Waals surface area contributed by atoms with E-state index >= 15 is 8.78 Å². The maximum atomic E-state index is 15.7. The van der Waals surface area contributed by atoms with Crippen molar-refractivity contribution in [2.45, 2.75) is 77.5 Å². The summed E-state index contributed by atoms with van der Waals surface area (Å²) in [5, 5.41) is 13.0. The lowest BCUT2D eigenvalue weighted by Crippen LogP contribution is -2.50. The van der Waals surface area contributed by atoms with Crippen molar-refractivity contribution in [1.29, 1.82) is 0 Å². The maximum absolute atomic E-state index is 15.7. The highest BCUT2D eigenvalue weighted by molar-refractivity contribution is 5.83. The quantitative estimate of drug-likeness (QED) is 0.512. The largest absolute Gasteiger partial charge is 0.480 e. The number of hydrogen-bond donors (Lipinski definition) is 2. The summed E-state index contributed by atoms with van der Waals surface area (Å²) in [6, 6.07) is 4.65. The molecule has 0 atom stereocenters. The summed E-state index contributed by atoms with van der Waals surface area (Å²) in [5.74, 6) is -2.06. The van der Waals surface area contributed by atoms with Gasteiger partial charge in [0.25, 0.3) is 0 Å². The SMILES string of the molecule is Cc1cc(-c2c(F)cc(NC3(C(=O)O)CCOCC3)cc2COC2CCCC2)c(F)c(C)c1C. The third-order valence-electron chi connectivity index (χ3n) is 7.44. The summed E-state index contributed by atoms with van der Waals surface area (Å²) in [6.07, 6.45) is 4.74. The number of carboxylic acid groups (broad SMARTS) is 1. The minimum absolute atomic E-state index is 0.0970. The van der Waals surface area contributed by atoms with Crippen LogP contribution in [0.1, 0.15) is 60.8 Å². The lowest BCUT2D eigenvalue weighted by molar-refractivity contribution is -0.145. The highest BCUT2D eigenvalue weighted by Gasteiger charge is 2.40. The first-order valence-corrected chi connectivity index (χ1v) is 12.0. The predicted molar refractivity (Wildman–Crippen MR) is 127 cm³/mol. The Bertz CT molecular complexity index is 1070. The van der Waals surface area contributed by atoms with Gasteiger partial charge in [-0.3, -0.25) is 0 Å². The average molecular weight is 474 g/mol. The fraction of sp³-hybridized carbons (Fsp3) is 0.519. The van der Waals surface area contributed by atoms with Gasteiger partial charge in [0.2, 0.25) is 0 Å². The van der Waals surface area contributed by atoms with Crippen molar-refractivity contribution in [3.05, 3.63) is 52.1 Å². The molecular weight excluding hydrogens is 440 g/mol. The number of carbonyl (C=O) groups is 1. The molecule has 0 bridgehead atoms. The Labute approximate surface area is 199 Å². The second-order valence-corrected chi connectivity index (χ2v) is 9.64. The van der Waals surface area contributed by atoms with Crippen LogP contribution in [0.3, 0.4) is 0 Å². The zero-order chi connectivity index (χ0) is 24.5. The van der Waals surface area contributed by atoms with E-state index in [-0.39, 0.29) is 36.7 Å². The Morgan fingerprint density at radius 2 is 1.79 bits per heavy atom. The number of carboxylic acids is 1. The van der Waals surface area contributed by atoms with Crippen molar-refractivity contribution in [3.63, 3.8) is 0 Å². The molecule has 34 heavy (non-hydrogen) atoms. The summed E-state index contributed by atoms with van der Waals surface area (Å²) < 4.78 is 42.5. The van der Waals surface area contributed by atoms with Gasteiger partial charge in [0.05, 0.1) is 12.7 Å². The molecule has 184 valence electrons. The van der Waals surface area contributed by atoms with Crippen LogP contribution in [-0.2, 0) is 20.9 Å². The van der Waals surface area contributed by atoms with Crippen LogP contribution in [0.15, 0.2) is 18.2 Å². The zero-order valence-electron chi connectivity index (χ0n) is 20.1. The molecule has 1 saturated carbocycles. The molecule has 0 amide bonds. The van der Waals surface area contributed by atoms with Crippen LogP contribution in [-0.4, -0.2) is 35.9 Å². The summed E-state index contributed by atoms with van der Waals surface area (Å²) >= 11 is 0. The Kier molecular flexibility index (Phi) is 7.24. The maximum Gasteiger partial charge on any atom is 0.329 e. The van der Waals surface area contributed by atoms with E-state index in [4.69, 9.17) is 9.47 Å². The number of hydrogen-bond acceptors (Lipinski definition) is 4. The highest BCUT2D eigenvalue weighted by Crippen LogP contribution is 2.37. The Hall–Kier alpha value is -2.51. The summed E-state index contributed by atoms with van der Waals surface area (Å²) in [7, 11) is 0. The molecule has 1 aliphatic carbocycles. The van der Waals surface area contributed by atoms with Crippen molar-refractivity contribution in [2.24, 2.45) is 0 Å². The van der Waals surface area contributed by atoms with E-state index in [9.17, 15) is 9.90 Å². The topological polar surface area (TPSA) is 67.8 Å². The van der Waals surface area contributed by atoms with Crippen molar-refractivity contribution < 1.29 is 28.2 Å². The zero-order valence-corrected chi connectivity index (χ0v) is 20.1. The van der Waals surface area contributed by atoms with E-state index in [1.165, 1.54) is 6.07 Å². The number of halogens is 2. The van der Waals surface area contributed by atoms with Gasteiger partial charge in [0.15, 0.2) is 0 Å². The van der Waals surface area contributed by atoms with E-state index < -0.39 is 23.1 Å². The van der Waals surface area contributed by atoms with Gasteiger partial charge in [0.1, 0.15) is 17.2 Å². The lowest BCUT2D eigenvalue weighted by Gasteiger charge is -2.35. The van der Waals surface area contributed by atoms with E-state index in [0.717, 1.165) is 36.8 Å². The van der Waals surface area contributed by atoms with Gasteiger partial charge in [-0.2, -0.15) is 0 Å². The Morgan fingerprint density at radius 1 is 1.12 bits per heavy atom. The summed E-state index contributed by atoms with van der Waals surface area (Å²) in [5.41, 5.74) is 2.19. The molecule has 2 aromatic rings. The van der Waals surface area contributed by atoms with E-state index in [1.807, 2.05) is 13.8 Å². The highest BCUT2D eigenvalue weighted by atomic mass is 19.1. The molecule has 1 saturated heterocycles. The lowest BCUT2D eigenvalue weighted by atomic mass is 9.89. The number of rotatable bonds is 7. The van der Waals surface area contributed by atoms with Crippen LogP contribution < -0.4 is 5.32 Å². The average Bonchev–Trinajstić information content (AvgIpc) is 3.33. The van der Waals surface area contributed by atoms with Crippen LogP contribution in [0, 0.1) is 32.4 Å². The molecule has 0 unspecified atom stereocenters. The number of anilines is 1. The molecule has 0 spiro atoms. The minimum Gasteiger partial charge on any atom is -0.480 e. The molecule has 0 radical (unpaired) electrons. The first-order valence-electron chi connectivity index (χ1n) is 12.0. The third kappa shape index (κ3) is 4.82. The Morgan fingerprint density at radius 3 is 2.44 bits per heavy atom. The van der Waals surface area contributed by atoms with Crippen LogP contribution in [0.25, 0.3) is 11.1 Å². The molecule has 2 fully saturated rings. The summed E-state index contributed by atoms with van der Waals surface area (Å²) in [4.78, 5) is 12.1. The van der Waals surface area contributed by atoms with Crippen LogP contribution in [0.4, 0.5) is 14.5 Å². The van der Waals surface area contributed by atoms with Crippen LogP contribution >= 0.6 is 0 Å². The Balaban J connectivity index is 1.77. The van der Waals surface area contributed by atoms with E-state index in [1.54, 1.807) is 19.1 Å². The summed E-state index contributed by atoms with van der Waals surface area (Å²) in [6.45, 7) is 6.18. The molecule has 2 N–H and O–H groups in total. The van der Waals surface area contributed by atoms with Crippen molar-refractivity contribution in [3.8, 4) is 11.1 Å². The smallest absolute Gasteiger partial charge is 0.329 e. The van der Waals surface area contributed by atoms with Gasteiger partial charge >= 0.3 is 5.97 Å². The van der Waals surface area contributed by atoms with E-state index in [0.29, 0.717) is 30.0 Å². The van der Waals surface area contributed by atoms with Crippen molar-refractivity contribution >= 4 is 11.7 Å². The fourth-order valence-electron chi connectivity index (χ4n) is 5.03. The third-order valence-corrected chi connectivity index (χ3v) is 7.44. The minimum atomic E-state index is -1.24. The molecule has 1 aliphatic heterocycles. The standard InChI is InChI=1S/C27H33F2NO4/c1-16-12-22(25(29)18(3)17(16)2)24-19(15-34-21-6-4-5-7-21)13-20(14-23(24)28)30-27(26(31)32)8-10-33-11-9-27/h12-14,21,30H,4-11,15H2,1-3H3,(H,31,32). The second-order valence-electron chi connectivity index (χ2n) is 9.64. The van der Waals surface area contributed by atoms with E-state index in [2.05, 4.69) is 5.32 Å². The molecule has 0 aromatic heterocycles. The molecular formula is C27H33F2NO4. The first kappa shape index (κ1) is 24.6. The number of aliphatic carboxylic acids is 1. The first-order chi connectivity index (χ1) is 16.2. The van der Waals surface area contributed by atoms with Crippen LogP contribution in [0.5, 0.6) is 0 Å². The van der Waals surface area contributed by atoms with Gasteiger partial charge < -0.3 is 19.9 Å². The molecule has 7 heteroatoms. The number of aryl methyl sites for hydroxylation is 1. The molecule has 4 rings (SSSR count). The van der Waals surface area contributed by atoms with Gasteiger partial charge in [-0.25, -0.2) is 13.6 Å². The van der Waals surface area contributed by atoms with Gasteiger partial charge in [0, 0.05) is 42.9 Å². The van der Waals surface area contributed by atoms with Crippen molar-refractivity contribution in [2.75, 3.05) is 18.5 Å². The van der Waals surface area contributed by atoms with Gasteiger partial charge in [-0.1, -0.05) is 12.8 Å². The molecule has 2 aliphatic rings. The molecule has 5 nitrogen and oxygen atoms in total. The number of benzene rings is 2. The van der Waals surface area contributed by atoms with Gasteiger partial charge in [-0.05, 0) is 74.1 Å².